The maximum atomic E-state index is 11.1. The number of aromatic nitrogens is 2. The Morgan fingerprint density at radius 3 is 2.67 bits per heavy atom. The van der Waals surface area contributed by atoms with E-state index in [4.69, 9.17) is 11.6 Å². The fraction of sp³-hybridized carbons (Fsp3) is 0.357. The molecule has 1 heterocycles. The zero-order chi connectivity index (χ0) is 15.7. The largest absolute Gasteiger partial charge is 0.389 e. The van der Waals surface area contributed by atoms with E-state index in [1.54, 1.807) is 23.7 Å². The van der Waals surface area contributed by atoms with Crippen molar-refractivity contribution in [2.45, 2.75) is 33.4 Å². The topological polar surface area (TPSA) is 81.2 Å². The molecule has 0 saturated carbocycles. The highest BCUT2D eigenvalue weighted by Gasteiger charge is 2.19. The average molecular weight is 310 g/mol. The Balaban J connectivity index is 2.44. The number of nitro groups is 1. The first kappa shape index (κ1) is 15.5. The molecule has 0 saturated heterocycles. The first-order chi connectivity index (χ1) is 9.81. The molecule has 0 fully saturated rings. The fourth-order valence-corrected chi connectivity index (χ4v) is 2.64. The molecular formula is C14H16ClN3O3. The van der Waals surface area contributed by atoms with E-state index in [1.165, 1.54) is 6.07 Å². The van der Waals surface area contributed by atoms with Gasteiger partial charge in [-0.05, 0) is 32.9 Å². The summed E-state index contributed by atoms with van der Waals surface area (Å²) in [5.41, 5.74) is 2.76. The van der Waals surface area contributed by atoms with Crippen LogP contribution in [0.4, 0.5) is 5.69 Å². The smallest absolute Gasteiger partial charge is 0.275 e. The Kier molecular flexibility index (Phi) is 4.29. The van der Waals surface area contributed by atoms with Crippen LogP contribution in [-0.2, 0) is 6.54 Å². The van der Waals surface area contributed by atoms with Crippen LogP contribution in [0.2, 0.25) is 5.02 Å². The lowest BCUT2D eigenvalue weighted by atomic mass is 10.1. The van der Waals surface area contributed by atoms with Gasteiger partial charge in [-0.25, -0.2) is 0 Å². The van der Waals surface area contributed by atoms with Gasteiger partial charge in [0.15, 0.2) is 0 Å². The Morgan fingerprint density at radius 2 is 2.14 bits per heavy atom. The molecule has 1 aromatic carbocycles. The molecule has 2 aromatic rings. The van der Waals surface area contributed by atoms with Crippen molar-refractivity contribution in [1.29, 1.82) is 0 Å². The standard InChI is InChI=1S/C14H16ClN3O3/c1-8-14(10(3)19)9(2)17(16-8)7-11-4-5-12(15)6-13(11)18(20)21/h4-6,10,19H,7H2,1-3H3. The lowest BCUT2D eigenvalue weighted by molar-refractivity contribution is -0.385. The number of benzene rings is 1. The number of hydrogen-bond acceptors (Lipinski definition) is 4. The molecule has 0 aliphatic heterocycles. The van der Waals surface area contributed by atoms with E-state index in [0.29, 0.717) is 10.6 Å². The Hall–Kier alpha value is -1.92. The summed E-state index contributed by atoms with van der Waals surface area (Å²) in [6, 6.07) is 4.57. The third-order valence-corrected chi connectivity index (χ3v) is 3.65. The highest BCUT2D eigenvalue weighted by Crippen LogP contribution is 2.26. The van der Waals surface area contributed by atoms with Gasteiger partial charge >= 0.3 is 0 Å². The molecule has 1 unspecified atom stereocenters. The highest BCUT2D eigenvalue weighted by molar-refractivity contribution is 6.30. The quantitative estimate of drug-likeness (QED) is 0.694. The molecule has 1 atom stereocenters. The van der Waals surface area contributed by atoms with Gasteiger partial charge in [0.25, 0.3) is 5.69 Å². The summed E-state index contributed by atoms with van der Waals surface area (Å²) in [5, 5.41) is 25.5. The van der Waals surface area contributed by atoms with Crippen molar-refractivity contribution in [3.8, 4) is 0 Å². The molecule has 112 valence electrons. The third kappa shape index (κ3) is 3.06. The summed E-state index contributed by atoms with van der Waals surface area (Å²) < 4.78 is 1.66. The van der Waals surface area contributed by atoms with Crippen molar-refractivity contribution < 1.29 is 10.0 Å². The van der Waals surface area contributed by atoms with E-state index >= 15 is 0 Å². The molecule has 2 rings (SSSR count). The number of rotatable bonds is 4. The number of nitro benzene ring substituents is 1. The van der Waals surface area contributed by atoms with Crippen LogP contribution in [0.5, 0.6) is 0 Å². The van der Waals surface area contributed by atoms with E-state index in [-0.39, 0.29) is 12.2 Å². The molecule has 0 spiro atoms. The predicted octanol–water partition coefficient (Wildman–Crippen LogP) is 3.16. The molecule has 0 amide bonds. The van der Waals surface area contributed by atoms with Crippen molar-refractivity contribution in [3.63, 3.8) is 0 Å². The van der Waals surface area contributed by atoms with Crippen LogP contribution in [0, 0.1) is 24.0 Å². The van der Waals surface area contributed by atoms with Crippen LogP contribution in [0.1, 0.15) is 35.5 Å². The first-order valence-electron chi connectivity index (χ1n) is 6.46. The van der Waals surface area contributed by atoms with Crippen LogP contribution in [0.25, 0.3) is 0 Å². The minimum atomic E-state index is -0.626. The van der Waals surface area contributed by atoms with E-state index in [1.807, 2.05) is 13.8 Å². The van der Waals surface area contributed by atoms with Gasteiger partial charge < -0.3 is 5.11 Å². The van der Waals surface area contributed by atoms with E-state index in [2.05, 4.69) is 5.10 Å². The summed E-state index contributed by atoms with van der Waals surface area (Å²) in [6.45, 7) is 5.57. The van der Waals surface area contributed by atoms with Crippen LogP contribution >= 0.6 is 11.6 Å². The summed E-state index contributed by atoms with van der Waals surface area (Å²) in [4.78, 5) is 10.7. The highest BCUT2D eigenvalue weighted by atomic mass is 35.5. The minimum absolute atomic E-state index is 0.0337. The van der Waals surface area contributed by atoms with Crippen molar-refractivity contribution in [1.82, 2.24) is 9.78 Å². The normalized spacial score (nSPS) is 12.4. The van der Waals surface area contributed by atoms with Crippen molar-refractivity contribution in [2.75, 3.05) is 0 Å². The van der Waals surface area contributed by atoms with Gasteiger partial charge in [-0.15, -0.1) is 0 Å². The first-order valence-corrected chi connectivity index (χ1v) is 6.83. The van der Waals surface area contributed by atoms with Crippen molar-refractivity contribution in [2.24, 2.45) is 0 Å². The second-order valence-electron chi connectivity index (χ2n) is 4.95. The van der Waals surface area contributed by atoms with E-state index in [0.717, 1.165) is 17.0 Å². The van der Waals surface area contributed by atoms with Crippen LogP contribution in [-0.4, -0.2) is 19.8 Å². The number of halogens is 1. The summed E-state index contributed by atoms with van der Waals surface area (Å²) >= 11 is 5.81. The minimum Gasteiger partial charge on any atom is -0.389 e. The summed E-state index contributed by atoms with van der Waals surface area (Å²) in [6.07, 6.45) is -0.626. The second-order valence-corrected chi connectivity index (χ2v) is 5.38. The van der Waals surface area contributed by atoms with Gasteiger partial charge in [0.2, 0.25) is 0 Å². The Bertz CT molecular complexity index is 695. The number of aliphatic hydroxyl groups is 1. The lowest BCUT2D eigenvalue weighted by Crippen LogP contribution is -2.07. The number of aryl methyl sites for hydroxylation is 1. The zero-order valence-electron chi connectivity index (χ0n) is 12.0. The zero-order valence-corrected chi connectivity index (χ0v) is 12.8. The molecule has 0 aliphatic carbocycles. The van der Waals surface area contributed by atoms with Gasteiger partial charge in [-0.3, -0.25) is 14.8 Å². The number of hydrogen-bond donors (Lipinski definition) is 1. The van der Waals surface area contributed by atoms with Crippen molar-refractivity contribution >= 4 is 17.3 Å². The molecule has 0 radical (unpaired) electrons. The molecule has 6 nitrogen and oxygen atoms in total. The van der Waals surface area contributed by atoms with E-state index in [9.17, 15) is 15.2 Å². The monoisotopic (exact) mass is 309 g/mol. The van der Waals surface area contributed by atoms with Gasteiger partial charge in [0, 0.05) is 22.3 Å². The molecule has 0 aliphatic rings. The maximum absolute atomic E-state index is 11.1. The number of nitrogens with zero attached hydrogens (tertiary/aromatic N) is 3. The summed E-state index contributed by atoms with van der Waals surface area (Å²) in [7, 11) is 0. The Labute approximate surface area is 127 Å². The lowest BCUT2D eigenvalue weighted by Gasteiger charge is -2.08. The van der Waals surface area contributed by atoms with E-state index < -0.39 is 11.0 Å². The van der Waals surface area contributed by atoms with Crippen molar-refractivity contribution in [3.05, 3.63) is 55.9 Å². The van der Waals surface area contributed by atoms with Gasteiger partial charge in [0.1, 0.15) is 0 Å². The maximum Gasteiger partial charge on any atom is 0.275 e. The fourth-order valence-electron chi connectivity index (χ4n) is 2.47. The average Bonchev–Trinajstić information content (AvgIpc) is 2.66. The van der Waals surface area contributed by atoms with Gasteiger partial charge in [0.05, 0.1) is 28.8 Å². The molecular weight excluding hydrogens is 294 g/mol. The molecule has 7 heteroatoms. The van der Waals surface area contributed by atoms with Gasteiger partial charge in [-0.1, -0.05) is 11.6 Å². The van der Waals surface area contributed by atoms with Crippen LogP contribution in [0.3, 0.4) is 0 Å². The number of aliphatic hydroxyl groups excluding tert-OH is 1. The van der Waals surface area contributed by atoms with Crippen LogP contribution in [0.15, 0.2) is 18.2 Å². The second kappa shape index (κ2) is 5.83. The molecule has 0 bridgehead atoms. The van der Waals surface area contributed by atoms with Crippen LogP contribution < -0.4 is 0 Å². The Morgan fingerprint density at radius 1 is 1.48 bits per heavy atom. The molecule has 1 aromatic heterocycles. The third-order valence-electron chi connectivity index (χ3n) is 3.42. The SMILES string of the molecule is Cc1nn(Cc2ccc(Cl)cc2[N+](=O)[O-])c(C)c1C(C)O. The molecule has 21 heavy (non-hydrogen) atoms. The van der Waals surface area contributed by atoms with Gasteiger partial charge in [-0.2, -0.15) is 5.10 Å². The predicted molar refractivity (Wildman–Crippen MR) is 79.5 cm³/mol. The molecule has 1 N–H and O–H groups in total. The summed E-state index contributed by atoms with van der Waals surface area (Å²) in [5.74, 6) is 0.